The molecule has 6 heteroatoms. The maximum absolute atomic E-state index is 13.3. The van der Waals surface area contributed by atoms with Gasteiger partial charge in [0.15, 0.2) is 0 Å². The molecule has 2 aromatic rings. The summed E-state index contributed by atoms with van der Waals surface area (Å²) < 4.78 is 18.7. The highest BCUT2D eigenvalue weighted by Gasteiger charge is 2.39. The predicted octanol–water partition coefficient (Wildman–Crippen LogP) is 3.34. The zero-order valence-corrected chi connectivity index (χ0v) is 14.5. The molecule has 2 aromatic carbocycles. The summed E-state index contributed by atoms with van der Waals surface area (Å²) in [6, 6.07) is 14.2. The number of amides is 2. The van der Waals surface area contributed by atoms with Crippen LogP contribution in [-0.4, -0.2) is 38.4 Å². The molecule has 0 unspecified atom stereocenters. The Labute approximate surface area is 152 Å². The van der Waals surface area contributed by atoms with Crippen LogP contribution in [-0.2, 0) is 4.74 Å². The van der Waals surface area contributed by atoms with E-state index < -0.39 is 0 Å². The van der Waals surface area contributed by atoms with E-state index in [0.29, 0.717) is 0 Å². The topological polar surface area (TPSA) is 53.6 Å². The fraction of sp³-hybridized carbons (Fsp3) is 0.350. The molecule has 2 N–H and O–H groups in total. The van der Waals surface area contributed by atoms with E-state index in [1.807, 2.05) is 30.3 Å². The van der Waals surface area contributed by atoms with Crippen molar-refractivity contribution in [3.63, 3.8) is 0 Å². The molecular weight excluding hydrogens is 333 g/mol. The Balaban J connectivity index is 1.33. The van der Waals surface area contributed by atoms with E-state index in [-0.39, 0.29) is 23.8 Å². The molecule has 1 aliphatic heterocycles. The molecule has 1 aliphatic carbocycles. The van der Waals surface area contributed by atoms with Crippen LogP contribution < -0.4 is 15.5 Å². The number of rotatable bonds is 4. The van der Waals surface area contributed by atoms with Crippen LogP contribution in [0.15, 0.2) is 48.5 Å². The predicted molar refractivity (Wildman–Crippen MR) is 99.2 cm³/mol. The summed E-state index contributed by atoms with van der Waals surface area (Å²) in [6.45, 7) is 3.16. The molecule has 2 fully saturated rings. The summed E-state index contributed by atoms with van der Waals surface area (Å²) in [5, 5.41) is 5.86. The number of nitrogens with one attached hydrogen (secondary N) is 2. The molecule has 2 atom stereocenters. The van der Waals surface area contributed by atoms with Gasteiger partial charge in [0.25, 0.3) is 0 Å². The molecule has 2 amide bonds. The minimum Gasteiger partial charge on any atom is -0.378 e. The number of urea groups is 1. The van der Waals surface area contributed by atoms with Gasteiger partial charge in [0, 0.05) is 36.4 Å². The SMILES string of the molecule is O=C(Nc1cccc(N2CCOCC2)c1)N[C@H]1C[C@@H]1c1cccc(F)c1. The maximum atomic E-state index is 13.3. The van der Waals surface area contributed by atoms with Crippen molar-refractivity contribution in [3.05, 3.63) is 59.9 Å². The van der Waals surface area contributed by atoms with E-state index in [0.717, 1.165) is 49.7 Å². The number of nitrogens with zero attached hydrogens (tertiary/aromatic N) is 1. The molecule has 0 bridgehead atoms. The first kappa shape index (κ1) is 16.8. The average molecular weight is 355 g/mol. The lowest BCUT2D eigenvalue weighted by Gasteiger charge is -2.29. The van der Waals surface area contributed by atoms with Gasteiger partial charge in [-0.25, -0.2) is 9.18 Å². The largest absolute Gasteiger partial charge is 0.378 e. The Morgan fingerprint density at radius 2 is 1.92 bits per heavy atom. The fourth-order valence-corrected chi connectivity index (χ4v) is 3.40. The highest BCUT2D eigenvalue weighted by atomic mass is 19.1. The van der Waals surface area contributed by atoms with Gasteiger partial charge in [-0.15, -0.1) is 0 Å². The summed E-state index contributed by atoms with van der Waals surface area (Å²) in [6.07, 6.45) is 0.838. The van der Waals surface area contributed by atoms with Crippen molar-refractivity contribution in [2.75, 3.05) is 36.5 Å². The minimum absolute atomic E-state index is 0.0548. The van der Waals surface area contributed by atoms with Gasteiger partial charge < -0.3 is 20.3 Å². The highest BCUT2D eigenvalue weighted by molar-refractivity contribution is 5.90. The molecule has 0 aromatic heterocycles. The molecule has 26 heavy (non-hydrogen) atoms. The van der Waals surface area contributed by atoms with E-state index in [4.69, 9.17) is 4.74 Å². The normalized spacial score (nSPS) is 22.0. The number of hydrogen-bond acceptors (Lipinski definition) is 3. The van der Waals surface area contributed by atoms with Gasteiger partial charge in [0.05, 0.1) is 13.2 Å². The van der Waals surface area contributed by atoms with Crippen molar-refractivity contribution in [3.8, 4) is 0 Å². The van der Waals surface area contributed by atoms with Gasteiger partial charge in [-0.3, -0.25) is 0 Å². The Morgan fingerprint density at radius 3 is 2.73 bits per heavy atom. The molecule has 1 heterocycles. The van der Waals surface area contributed by atoms with Crippen LogP contribution in [0.25, 0.3) is 0 Å². The van der Waals surface area contributed by atoms with Crippen LogP contribution in [0.5, 0.6) is 0 Å². The maximum Gasteiger partial charge on any atom is 0.319 e. The number of benzene rings is 2. The molecule has 1 saturated heterocycles. The third kappa shape index (κ3) is 3.96. The molecule has 0 radical (unpaired) electrons. The van der Waals surface area contributed by atoms with Crippen molar-refractivity contribution >= 4 is 17.4 Å². The standard InChI is InChI=1S/C20H22FN3O2/c21-15-4-1-3-14(11-15)18-13-19(18)23-20(25)22-16-5-2-6-17(12-16)24-7-9-26-10-8-24/h1-6,11-12,18-19H,7-10,13H2,(H2,22,23,25)/t18-,19+/m1/s1. The third-order valence-electron chi connectivity index (χ3n) is 4.86. The number of carbonyl (C=O) groups excluding carboxylic acids is 1. The van der Waals surface area contributed by atoms with Gasteiger partial charge in [0.1, 0.15) is 5.82 Å². The molecular formula is C20H22FN3O2. The second kappa shape index (κ2) is 7.33. The molecule has 1 saturated carbocycles. The quantitative estimate of drug-likeness (QED) is 0.884. The first-order valence-corrected chi connectivity index (χ1v) is 8.95. The average Bonchev–Trinajstić information content (AvgIpc) is 3.41. The van der Waals surface area contributed by atoms with Gasteiger partial charge in [-0.1, -0.05) is 18.2 Å². The van der Waals surface area contributed by atoms with Crippen LogP contribution in [0, 0.1) is 5.82 Å². The van der Waals surface area contributed by atoms with Crippen molar-refractivity contribution in [2.45, 2.75) is 18.4 Å². The highest BCUT2D eigenvalue weighted by Crippen LogP contribution is 2.40. The van der Waals surface area contributed by atoms with Gasteiger partial charge in [-0.05, 0) is 42.3 Å². The Morgan fingerprint density at radius 1 is 1.12 bits per heavy atom. The van der Waals surface area contributed by atoms with Gasteiger partial charge >= 0.3 is 6.03 Å². The van der Waals surface area contributed by atoms with Crippen LogP contribution >= 0.6 is 0 Å². The van der Waals surface area contributed by atoms with Crippen molar-refractivity contribution < 1.29 is 13.9 Å². The van der Waals surface area contributed by atoms with Crippen LogP contribution in [0.3, 0.4) is 0 Å². The van der Waals surface area contributed by atoms with Crippen molar-refractivity contribution in [2.24, 2.45) is 0 Å². The fourth-order valence-electron chi connectivity index (χ4n) is 3.40. The molecule has 0 spiro atoms. The lowest BCUT2D eigenvalue weighted by Crippen LogP contribution is -2.36. The molecule has 2 aliphatic rings. The zero-order chi connectivity index (χ0) is 17.9. The number of halogens is 1. The number of hydrogen-bond donors (Lipinski definition) is 2. The lowest BCUT2D eigenvalue weighted by atomic mass is 10.1. The number of morpholine rings is 1. The first-order chi connectivity index (χ1) is 12.7. The third-order valence-corrected chi connectivity index (χ3v) is 4.86. The second-order valence-electron chi connectivity index (χ2n) is 6.75. The van der Waals surface area contributed by atoms with E-state index >= 15 is 0 Å². The smallest absolute Gasteiger partial charge is 0.319 e. The molecule has 136 valence electrons. The Hall–Kier alpha value is -2.60. The van der Waals surface area contributed by atoms with E-state index in [1.165, 1.54) is 12.1 Å². The summed E-state index contributed by atoms with van der Waals surface area (Å²) >= 11 is 0. The van der Waals surface area contributed by atoms with E-state index in [1.54, 1.807) is 6.07 Å². The zero-order valence-electron chi connectivity index (χ0n) is 14.5. The van der Waals surface area contributed by atoms with E-state index in [9.17, 15) is 9.18 Å². The minimum atomic E-state index is -0.238. The first-order valence-electron chi connectivity index (χ1n) is 8.95. The number of ether oxygens (including phenoxy) is 1. The molecule has 5 nitrogen and oxygen atoms in total. The summed E-state index contributed by atoms with van der Waals surface area (Å²) in [4.78, 5) is 14.5. The van der Waals surface area contributed by atoms with Gasteiger partial charge in [0.2, 0.25) is 0 Å². The lowest BCUT2D eigenvalue weighted by molar-refractivity contribution is 0.122. The van der Waals surface area contributed by atoms with Crippen LogP contribution in [0.4, 0.5) is 20.6 Å². The number of anilines is 2. The Kier molecular flexibility index (Phi) is 4.75. The molecule has 4 rings (SSSR count). The second-order valence-corrected chi connectivity index (χ2v) is 6.75. The van der Waals surface area contributed by atoms with Crippen molar-refractivity contribution in [1.82, 2.24) is 5.32 Å². The monoisotopic (exact) mass is 355 g/mol. The van der Waals surface area contributed by atoms with E-state index in [2.05, 4.69) is 15.5 Å². The number of carbonyl (C=O) groups is 1. The van der Waals surface area contributed by atoms with Crippen molar-refractivity contribution in [1.29, 1.82) is 0 Å². The summed E-state index contributed by atoms with van der Waals surface area (Å²) in [5.41, 5.74) is 2.77. The van der Waals surface area contributed by atoms with Crippen LogP contribution in [0.2, 0.25) is 0 Å². The summed E-state index contributed by atoms with van der Waals surface area (Å²) in [5.74, 6) is -0.0475. The Bertz CT molecular complexity index is 792. The van der Waals surface area contributed by atoms with Gasteiger partial charge in [-0.2, -0.15) is 0 Å². The summed E-state index contributed by atoms with van der Waals surface area (Å²) in [7, 11) is 0. The van der Waals surface area contributed by atoms with Crippen LogP contribution in [0.1, 0.15) is 17.9 Å².